The minimum Gasteiger partial charge on any atom is -0.744 e. The summed E-state index contributed by atoms with van der Waals surface area (Å²) in [4.78, 5) is -0.675. The van der Waals surface area contributed by atoms with E-state index in [0.29, 0.717) is 0 Å². The van der Waals surface area contributed by atoms with Gasteiger partial charge >= 0.3 is 19.5 Å². The molecule has 128 valence electrons. The average molecular weight is 430 g/mol. The summed E-state index contributed by atoms with van der Waals surface area (Å²) in [5.74, 6) is -0.144. The monoisotopic (exact) mass is 428 g/mol. The van der Waals surface area contributed by atoms with Crippen LogP contribution < -0.4 is 0 Å². The predicted octanol–water partition coefficient (Wildman–Crippen LogP) is -0.235. The maximum absolute atomic E-state index is 10.3. The van der Waals surface area contributed by atoms with E-state index in [1.807, 2.05) is 0 Å². The van der Waals surface area contributed by atoms with Gasteiger partial charge in [-0.15, -0.1) is 0 Å². The molecule has 2 aromatic carbocycles. The van der Waals surface area contributed by atoms with E-state index in [-0.39, 0.29) is 46.2 Å². The first-order valence-electron chi connectivity index (χ1n) is 5.50. The predicted molar refractivity (Wildman–Crippen MR) is 75.8 cm³/mol. The van der Waals surface area contributed by atoms with Gasteiger partial charge in [-0.05, 0) is 48.5 Å². The molecule has 0 unspecified atom stereocenters. The van der Waals surface area contributed by atoms with Gasteiger partial charge in [0.1, 0.15) is 31.7 Å². The Morgan fingerprint density at radius 1 is 0.625 bits per heavy atom. The Morgan fingerprint density at radius 3 is 1.00 bits per heavy atom. The molecule has 0 heterocycles. The van der Waals surface area contributed by atoms with Gasteiger partial charge in [0.25, 0.3) is 0 Å². The van der Waals surface area contributed by atoms with Crippen molar-refractivity contribution in [2.24, 2.45) is 0 Å². The Labute approximate surface area is 151 Å². The molecule has 0 aliphatic rings. The molecule has 0 atom stereocenters. The summed E-state index contributed by atoms with van der Waals surface area (Å²) in [7, 11) is -8.76. The number of phenols is 2. The Bertz CT molecular complexity index is 756. The van der Waals surface area contributed by atoms with Crippen LogP contribution in [-0.2, 0) is 39.7 Å². The van der Waals surface area contributed by atoms with Gasteiger partial charge in [-0.25, -0.2) is 16.8 Å². The third kappa shape index (κ3) is 8.34. The number of aromatic hydroxyl groups is 2. The summed E-state index contributed by atoms with van der Waals surface area (Å²) >= 11 is 0. The third-order valence-corrected chi connectivity index (χ3v) is 3.95. The Morgan fingerprint density at radius 2 is 0.833 bits per heavy atom. The molecule has 0 aliphatic carbocycles. The van der Waals surface area contributed by atoms with E-state index in [1.54, 1.807) is 0 Å². The van der Waals surface area contributed by atoms with E-state index in [1.165, 1.54) is 0 Å². The molecule has 0 saturated heterocycles. The van der Waals surface area contributed by atoms with Crippen molar-refractivity contribution in [1.82, 2.24) is 0 Å². The van der Waals surface area contributed by atoms with E-state index in [4.69, 9.17) is 10.2 Å². The number of hydrogen-bond acceptors (Lipinski definition) is 8. The van der Waals surface area contributed by atoms with E-state index in [9.17, 15) is 25.9 Å². The second kappa shape index (κ2) is 9.67. The Balaban J connectivity index is 0. The molecule has 0 aromatic heterocycles. The van der Waals surface area contributed by atoms with Crippen molar-refractivity contribution in [1.29, 1.82) is 0 Å². The van der Waals surface area contributed by atoms with Crippen LogP contribution in [0.1, 0.15) is 0 Å². The van der Waals surface area contributed by atoms with Crippen molar-refractivity contribution in [2.75, 3.05) is 0 Å². The molecule has 0 amide bonds. The molecule has 12 heteroatoms. The number of rotatable bonds is 2. The fraction of sp³-hybridized carbons (Fsp3) is 0. The number of benzene rings is 2. The average Bonchev–Trinajstić information content (AvgIpc) is 2.38. The molecule has 24 heavy (non-hydrogen) atoms. The van der Waals surface area contributed by atoms with Crippen LogP contribution in [0.4, 0.5) is 0 Å². The summed E-state index contributed by atoms with van der Waals surface area (Å²) in [6.45, 7) is 0. The third-order valence-electron chi connectivity index (χ3n) is 2.25. The van der Waals surface area contributed by atoms with Gasteiger partial charge in [-0.3, -0.25) is 0 Å². The summed E-state index contributed by atoms with van der Waals surface area (Å²) in [6.07, 6.45) is 0. The summed E-state index contributed by atoms with van der Waals surface area (Å²) in [5, 5.41) is 17.5. The number of hydrogen-bond donors (Lipinski definition) is 2. The van der Waals surface area contributed by atoms with E-state index >= 15 is 0 Å². The van der Waals surface area contributed by atoms with Crippen LogP contribution in [0.3, 0.4) is 0 Å². The molecule has 2 rings (SSSR count). The van der Waals surface area contributed by atoms with E-state index in [0.717, 1.165) is 48.5 Å². The Hall–Kier alpha value is -1.56. The van der Waals surface area contributed by atoms with Crippen molar-refractivity contribution < 1.29 is 61.1 Å². The summed E-state index contributed by atoms with van der Waals surface area (Å²) in [5.41, 5.74) is 0. The second-order valence-electron chi connectivity index (χ2n) is 3.90. The van der Waals surface area contributed by atoms with Crippen LogP contribution in [-0.4, -0.2) is 41.6 Å². The van der Waals surface area contributed by atoms with E-state index in [2.05, 4.69) is 0 Å². The van der Waals surface area contributed by atoms with Crippen molar-refractivity contribution in [3.05, 3.63) is 48.5 Å². The fourth-order valence-electron chi connectivity index (χ4n) is 1.23. The SMILES string of the molecule is O.O=S(=O)([O-])c1ccc(O)cc1.O=S(=O)([O-])c1ccc(O)cc1.[Zn+2]. The second-order valence-corrected chi connectivity index (χ2v) is 6.66. The molecule has 0 fully saturated rings. The van der Waals surface area contributed by atoms with Gasteiger partial charge in [0, 0.05) is 0 Å². The first-order valence-corrected chi connectivity index (χ1v) is 8.31. The van der Waals surface area contributed by atoms with Gasteiger partial charge in [0.05, 0.1) is 9.79 Å². The quantitative estimate of drug-likeness (QED) is 0.483. The maximum atomic E-state index is 10.3. The Kier molecular flexibility index (Phi) is 9.95. The van der Waals surface area contributed by atoms with Crippen LogP contribution in [0.2, 0.25) is 0 Å². The molecule has 0 bridgehead atoms. The topological polar surface area (TPSA) is 186 Å². The standard InChI is InChI=1S/2C6H6O4S.H2O.Zn/c2*7-5-1-3-6(4-2-5)11(8,9)10;;/h2*1-4,7H,(H,8,9,10);1H2;/q;;;+2/p-2. The van der Waals surface area contributed by atoms with Crippen LogP contribution in [0, 0.1) is 0 Å². The van der Waals surface area contributed by atoms with E-state index < -0.39 is 20.2 Å². The molecular formula is C12H12O9S2Zn. The molecule has 2 aromatic rings. The first-order chi connectivity index (χ1) is 10.00. The van der Waals surface area contributed by atoms with Crippen LogP contribution in [0.25, 0.3) is 0 Å². The van der Waals surface area contributed by atoms with Crippen molar-refractivity contribution >= 4 is 20.2 Å². The smallest absolute Gasteiger partial charge is 0.744 e. The van der Waals surface area contributed by atoms with Crippen LogP contribution in [0.15, 0.2) is 58.3 Å². The van der Waals surface area contributed by atoms with Crippen LogP contribution in [0.5, 0.6) is 11.5 Å². The minimum absolute atomic E-state index is 0. The molecule has 0 radical (unpaired) electrons. The summed E-state index contributed by atoms with van der Waals surface area (Å²) < 4.78 is 61.8. The van der Waals surface area contributed by atoms with Gasteiger partial charge in [-0.2, -0.15) is 0 Å². The molecule has 0 spiro atoms. The van der Waals surface area contributed by atoms with Gasteiger partial charge < -0.3 is 24.8 Å². The molecule has 0 aliphatic heterocycles. The van der Waals surface area contributed by atoms with Crippen molar-refractivity contribution in [3.63, 3.8) is 0 Å². The zero-order valence-corrected chi connectivity index (χ0v) is 16.6. The number of phenolic OH excluding ortho intramolecular Hbond substituents is 2. The largest absolute Gasteiger partial charge is 2.00 e. The van der Waals surface area contributed by atoms with Gasteiger partial charge in [-0.1, -0.05) is 0 Å². The summed E-state index contributed by atoms with van der Waals surface area (Å²) in [6, 6.07) is 8.79. The van der Waals surface area contributed by atoms with Crippen molar-refractivity contribution in [2.45, 2.75) is 9.79 Å². The van der Waals surface area contributed by atoms with Crippen LogP contribution >= 0.6 is 0 Å². The zero-order chi connectivity index (χ0) is 17.0. The van der Waals surface area contributed by atoms with Crippen molar-refractivity contribution in [3.8, 4) is 11.5 Å². The zero-order valence-electron chi connectivity index (χ0n) is 12.0. The minimum atomic E-state index is -4.38. The molecule has 0 saturated carbocycles. The normalized spacial score (nSPS) is 10.4. The molecule has 4 N–H and O–H groups in total. The fourth-order valence-corrected chi connectivity index (χ4v) is 2.16. The first kappa shape index (κ1) is 24.7. The molecular weight excluding hydrogens is 418 g/mol. The van der Waals surface area contributed by atoms with Gasteiger partial charge in [0.2, 0.25) is 0 Å². The van der Waals surface area contributed by atoms with Gasteiger partial charge in [0.15, 0.2) is 0 Å². The maximum Gasteiger partial charge on any atom is 2.00 e. The molecule has 9 nitrogen and oxygen atoms in total.